The highest BCUT2D eigenvalue weighted by atomic mass is 79.9. The summed E-state index contributed by atoms with van der Waals surface area (Å²) in [6.07, 6.45) is 4.00. The number of amides is 2. The second-order valence-corrected chi connectivity index (χ2v) is 6.66. The van der Waals surface area contributed by atoms with E-state index in [1.54, 1.807) is 0 Å². The van der Waals surface area contributed by atoms with Gasteiger partial charge in [-0.3, -0.25) is 9.59 Å². The molecule has 1 fully saturated rings. The molecule has 120 valence electrons. The van der Waals surface area contributed by atoms with Crippen molar-refractivity contribution in [2.24, 2.45) is 5.92 Å². The monoisotopic (exact) mass is 366 g/mol. The van der Waals surface area contributed by atoms with E-state index < -0.39 is 0 Å². The van der Waals surface area contributed by atoms with E-state index in [1.165, 1.54) is 0 Å². The van der Waals surface area contributed by atoms with Crippen molar-refractivity contribution < 1.29 is 9.59 Å². The number of rotatable bonds is 8. The highest BCUT2D eigenvalue weighted by molar-refractivity contribution is 9.10. The van der Waals surface area contributed by atoms with Gasteiger partial charge in [-0.25, -0.2) is 0 Å². The minimum absolute atomic E-state index is 0.0374. The molecule has 1 aliphatic carbocycles. The molecule has 0 aromatic heterocycles. The summed E-state index contributed by atoms with van der Waals surface area (Å²) in [5.41, 5.74) is 1.11. The zero-order valence-electron chi connectivity index (χ0n) is 12.9. The van der Waals surface area contributed by atoms with Crippen LogP contribution in [0.1, 0.15) is 50.6 Å². The molecule has 1 unspecified atom stereocenters. The molecule has 0 spiro atoms. The van der Waals surface area contributed by atoms with Crippen LogP contribution in [0.5, 0.6) is 0 Å². The maximum atomic E-state index is 12.0. The maximum Gasteiger partial charge on any atom is 0.223 e. The van der Waals surface area contributed by atoms with Crippen molar-refractivity contribution in [3.63, 3.8) is 0 Å². The minimum atomic E-state index is 0.0374. The third kappa shape index (κ3) is 5.44. The van der Waals surface area contributed by atoms with E-state index in [-0.39, 0.29) is 23.8 Å². The SMILES string of the molecule is CCC(NC(=O)CCCNC(=O)C1CC1)c1ccc(Br)cc1. The molecule has 2 rings (SSSR count). The van der Waals surface area contributed by atoms with Gasteiger partial charge in [0.1, 0.15) is 0 Å². The molecule has 22 heavy (non-hydrogen) atoms. The summed E-state index contributed by atoms with van der Waals surface area (Å²) in [5, 5.41) is 5.94. The first-order valence-electron chi connectivity index (χ1n) is 7.92. The lowest BCUT2D eigenvalue weighted by Crippen LogP contribution is -2.30. The fourth-order valence-electron chi connectivity index (χ4n) is 2.33. The first kappa shape index (κ1) is 17.0. The van der Waals surface area contributed by atoms with E-state index in [2.05, 4.69) is 33.5 Å². The maximum absolute atomic E-state index is 12.0. The molecule has 1 aliphatic rings. The Morgan fingerprint density at radius 2 is 1.95 bits per heavy atom. The molecule has 0 radical (unpaired) electrons. The summed E-state index contributed by atoms with van der Waals surface area (Å²) in [6.45, 7) is 2.64. The molecule has 0 bridgehead atoms. The predicted molar refractivity (Wildman–Crippen MR) is 90.3 cm³/mol. The van der Waals surface area contributed by atoms with Crippen molar-refractivity contribution in [1.29, 1.82) is 0 Å². The summed E-state index contributed by atoms with van der Waals surface area (Å²) in [5.74, 6) is 0.410. The van der Waals surface area contributed by atoms with Gasteiger partial charge in [-0.1, -0.05) is 35.0 Å². The van der Waals surface area contributed by atoms with E-state index in [4.69, 9.17) is 0 Å². The van der Waals surface area contributed by atoms with Gasteiger partial charge >= 0.3 is 0 Å². The third-order valence-electron chi connectivity index (χ3n) is 3.84. The largest absolute Gasteiger partial charge is 0.356 e. The molecule has 4 nitrogen and oxygen atoms in total. The van der Waals surface area contributed by atoms with Crippen LogP contribution in [0, 0.1) is 5.92 Å². The number of halogens is 1. The van der Waals surface area contributed by atoms with Crippen LogP contribution in [0.4, 0.5) is 0 Å². The Hall–Kier alpha value is -1.36. The average Bonchev–Trinajstić information content (AvgIpc) is 3.35. The van der Waals surface area contributed by atoms with E-state index in [0.717, 1.165) is 29.3 Å². The van der Waals surface area contributed by atoms with Crippen molar-refractivity contribution >= 4 is 27.7 Å². The zero-order chi connectivity index (χ0) is 15.9. The van der Waals surface area contributed by atoms with Gasteiger partial charge in [0.25, 0.3) is 0 Å². The van der Waals surface area contributed by atoms with Gasteiger partial charge in [0.05, 0.1) is 6.04 Å². The van der Waals surface area contributed by atoms with Crippen LogP contribution in [0.3, 0.4) is 0 Å². The van der Waals surface area contributed by atoms with Gasteiger partial charge in [0.2, 0.25) is 11.8 Å². The zero-order valence-corrected chi connectivity index (χ0v) is 14.5. The lowest BCUT2D eigenvalue weighted by atomic mass is 10.0. The van der Waals surface area contributed by atoms with Crippen molar-refractivity contribution in [3.05, 3.63) is 34.3 Å². The van der Waals surface area contributed by atoms with Crippen molar-refractivity contribution in [3.8, 4) is 0 Å². The molecule has 1 aromatic carbocycles. The van der Waals surface area contributed by atoms with Gasteiger partial charge in [-0.15, -0.1) is 0 Å². The normalized spacial score (nSPS) is 15.2. The fourth-order valence-corrected chi connectivity index (χ4v) is 2.60. The Bertz CT molecular complexity index is 512. The van der Waals surface area contributed by atoms with Crippen molar-refractivity contribution in [2.45, 2.75) is 45.1 Å². The molecule has 1 saturated carbocycles. The van der Waals surface area contributed by atoms with Crippen LogP contribution in [0.25, 0.3) is 0 Å². The fraction of sp³-hybridized carbons (Fsp3) is 0.529. The van der Waals surface area contributed by atoms with Crippen LogP contribution >= 0.6 is 15.9 Å². The Morgan fingerprint density at radius 3 is 2.55 bits per heavy atom. The summed E-state index contributed by atoms with van der Waals surface area (Å²) in [4.78, 5) is 23.5. The van der Waals surface area contributed by atoms with Crippen LogP contribution < -0.4 is 10.6 Å². The minimum Gasteiger partial charge on any atom is -0.356 e. The first-order valence-corrected chi connectivity index (χ1v) is 8.72. The molecule has 0 saturated heterocycles. The van der Waals surface area contributed by atoms with E-state index in [1.807, 2.05) is 24.3 Å². The summed E-state index contributed by atoms with van der Waals surface area (Å²) < 4.78 is 1.03. The quantitative estimate of drug-likeness (QED) is 0.693. The van der Waals surface area contributed by atoms with E-state index >= 15 is 0 Å². The van der Waals surface area contributed by atoms with E-state index in [0.29, 0.717) is 19.4 Å². The van der Waals surface area contributed by atoms with Gasteiger partial charge in [0, 0.05) is 23.4 Å². The number of carbonyl (C=O) groups is 2. The Morgan fingerprint density at radius 1 is 1.27 bits per heavy atom. The second kappa shape index (κ2) is 8.32. The Balaban J connectivity index is 1.69. The highest BCUT2D eigenvalue weighted by Crippen LogP contribution is 2.28. The molecule has 1 atom stereocenters. The van der Waals surface area contributed by atoms with Crippen molar-refractivity contribution in [1.82, 2.24) is 10.6 Å². The summed E-state index contributed by atoms with van der Waals surface area (Å²) in [7, 11) is 0. The lowest BCUT2D eigenvalue weighted by molar-refractivity contribution is -0.124. The molecular formula is C17H23BrN2O2. The van der Waals surface area contributed by atoms with E-state index in [9.17, 15) is 9.59 Å². The first-order chi connectivity index (χ1) is 10.6. The molecule has 1 aromatic rings. The van der Waals surface area contributed by atoms with Crippen LogP contribution in [0.15, 0.2) is 28.7 Å². The number of hydrogen-bond donors (Lipinski definition) is 2. The summed E-state index contributed by atoms with van der Waals surface area (Å²) in [6, 6.07) is 8.06. The molecule has 0 heterocycles. The third-order valence-corrected chi connectivity index (χ3v) is 4.37. The number of benzene rings is 1. The second-order valence-electron chi connectivity index (χ2n) is 5.75. The van der Waals surface area contributed by atoms with Crippen molar-refractivity contribution in [2.75, 3.05) is 6.54 Å². The van der Waals surface area contributed by atoms with Gasteiger partial charge < -0.3 is 10.6 Å². The van der Waals surface area contributed by atoms with Crippen LogP contribution in [-0.2, 0) is 9.59 Å². The topological polar surface area (TPSA) is 58.2 Å². The average molecular weight is 367 g/mol. The summed E-state index contributed by atoms with van der Waals surface area (Å²) >= 11 is 3.41. The van der Waals surface area contributed by atoms with Gasteiger partial charge in [-0.05, 0) is 43.4 Å². The Labute approximate surface area is 140 Å². The lowest BCUT2D eigenvalue weighted by Gasteiger charge is -2.17. The van der Waals surface area contributed by atoms with Crippen LogP contribution in [0.2, 0.25) is 0 Å². The number of nitrogens with one attached hydrogen (secondary N) is 2. The smallest absolute Gasteiger partial charge is 0.223 e. The number of carbonyl (C=O) groups excluding carboxylic acids is 2. The Kier molecular flexibility index (Phi) is 6.43. The van der Waals surface area contributed by atoms with Gasteiger partial charge in [-0.2, -0.15) is 0 Å². The predicted octanol–water partition coefficient (Wildman–Crippen LogP) is 3.32. The molecule has 2 amide bonds. The molecular weight excluding hydrogens is 344 g/mol. The van der Waals surface area contributed by atoms with Gasteiger partial charge in [0.15, 0.2) is 0 Å². The van der Waals surface area contributed by atoms with Crippen LogP contribution in [-0.4, -0.2) is 18.4 Å². The standard InChI is InChI=1S/C17H23BrN2O2/c1-2-15(12-7-9-14(18)10-8-12)20-16(21)4-3-11-19-17(22)13-5-6-13/h7-10,13,15H,2-6,11H2,1H3,(H,19,22)(H,20,21). The molecule has 2 N–H and O–H groups in total. The molecule has 5 heteroatoms. The highest BCUT2D eigenvalue weighted by Gasteiger charge is 2.29. The number of hydrogen-bond acceptors (Lipinski definition) is 2. The molecule has 0 aliphatic heterocycles.